The Labute approximate surface area is 128 Å². The van der Waals surface area contributed by atoms with E-state index in [1.54, 1.807) is 6.20 Å². The molecular weight excluding hydrogens is 284 g/mol. The Morgan fingerprint density at radius 1 is 1.24 bits per heavy atom. The highest BCUT2D eigenvalue weighted by atomic mass is 35.5. The van der Waals surface area contributed by atoms with Crippen molar-refractivity contribution < 1.29 is 0 Å². The summed E-state index contributed by atoms with van der Waals surface area (Å²) in [4.78, 5) is 9.00. The first kappa shape index (κ1) is 14.0. The van der Waals surface area contributed by atoms with Crippen molar-refractivity contribution in [1.29, 1.82) is 0 Å². The number of halogens is 1. The Kier molecular flexibility index (Phi) is 3.90. The summed E-state index contributed by atoms with van der Waals surface area (Å²) in [7, 11) is 0. The van der Waals surface area contributed by atoms with Crippen LogP contribution in [0.5, 0.6) is 0 Å². The summed E-state index contributed by atoms with van der Waals surface area (Å²) < 4.78 is 2.21. The van der Waals surface area contributed by atoms with Gasteiger partial charge in [-0.2, -0.15) is 0 Å². The van der Waals surface area contributed by atoms with E-state index in [1.165, 1.54) is 0 Å². The zero-order chi connectivity index (χ0) is 14.8. The zero-order valence-electron chi connectivity index (χ0n) is 11.9. The largest absolute Gasteiger partial charge is 0.325 e. The topological polar surface area (TPSA) is 56.7 Å². The molecule has 0 spiro atoms. The summed E-state index contributed by atoms with van der Waals surface area (Å²) in [6.07, 6.45) is 2.81. The maximum absolute atomic E-state index is 6.13. The molecule has 0 aliphatic carbocycles. The SMILES string of the molecule is CCCn1c(-c2ccnc(CN)c2)nc2ccc(Cl)cc21. The van der Waals surface area contributed by atoms with Crippen LogP contribution in [0.25, 0.3) is 22.4 Å². The summed E-state index contributed by atoms with van der Waals surface area (Å²) in [5.41, 5.74) is 9.59. The molecule has 0 saturated heterocycles. The van der Waals surface area contributed by atoms with Gasteiger partial charge in [-0.25, -0.2) is 4.98 Å². The van der Waals surface area contributed by atoms with Crippen LogP contribution in [0.3, 0.4) is 0 Å². The maximum Gasteiger partial charge on any atom is 0.141 e. The average Bonchev–Trinajstić information content (AvgIpc) is 2.86. The third-order valence-corrected chi connectivity index (χ3v) is 3.68. The first-order valence-electron chi connectivity index (χ1n) is 7.04. The van der Waals surface area contributed by atoms with E-state index >= 15 is 0 Å². The van der Waals surface area contributed by atoms with Gasteiger partial charge in [-0.15, -0.1) is 0 Å². The van der Waals surface area contributed by atoms with E-state index in [0.29, 0.717) is 6.54 Å². The Morgan fingerprint density at radius 3 is 2.86 bits per heavy atom. The highest BCUT2D eigenvalue weighted by Gasteiger charge is 2.13. The summed E-state index contributed by atoms with van der Waals surface area (Å²) in [6, 6.07) is 9.75. The normalized spacial score (nSPS) is 11.2. The van der Waals surface area contributed by atoms with E-state index in [2.05, 4.69) is 16.5 Å². The fourth-order valence-electron chi connectivity index (χ4n) is 2.50. The molecule has 0 bridgehead atoms. The molecule has 0 atom stereocenters. The fourth-order valence-corrected chi connectivity index (χ4v) is 2.66. The van der Waals surface area contributed by atoms with Crippen LogP contribution in [0.1, 0.15) is 19.0 Å². The molecule has 5 heteroatoms. The Balaban J connectivity index is 2.22. The van der Waals surface area contributed by atoms with Crippen molar-refractivity contribution in [3.63, 3.8) is 0 Å². The van der Waals surface area contributed by atoms with Gasteiger partial charge in [0.15, 0.2) is 0 Å². The molecule has 0 radical (unpaired) electrons. The van der Waals surface area contributed by atoms with Crippen LogP contribution in [0, 0.1) is 0 Å². The Hall–Kier alpha value is -1.91. The summed E-state index contributed by atoms with van der Waals surface area (Å²) >= 11 is 6.13. The van der Waals surface area contributed by atoms with Gasteiger partial charge in [0.1, 0.15) is 5.82 Å². The summed E-state index contributed by atoms with van der Waals surface area (Å²) in [6.45, 7) is 3.47. The number of rotatable bonds is 4. The minimum atomic E-state index is 0.424. The number of pyridine rings is 1. The van der Waals surface area contributed by atoms with E-state index in [1.807, 2.05) is 30.3 Å². The molecule has 2 heterocycles. The number of aryl methyl sites for hydroxylation is 1. The van der Waals surface area contributed by atoms with Gasteiger partial charge >= 0.3 is 0 Å². The molecule has 0 amide bonds. The maximum atomic E-state index is 6.13. The number of imidazole rings is 1. The fraction of sp³-hybridized carbons (Fsp3) is 0.250. The molecule has 0 saturated carbocycles. The van der Waals surface area contributed by atoms with Gasteiger partial charge in [0, 0.05) is 29.9 Å². The first-order chi connectivity index (χ1) is 10.2. The second kappa shape index (κ2) is 5.84. The third kappa shape index (κ3) is 2.64. The van der Waals surface area contributed by atoms with E-state index < -0.39 is 0 Å². The van der Waals surface area contributed by atoms with Crippen molar-refractivity contribution >= 4 is 22.6 Å². The molecule has 21 heavy (non-hydrogen) atoms. The standard InChI is InChI=1S/C16H17ClN4/c1-2-7-21-15-9-12(17)3-4-14(15)20-16(21)11-5-6-19-13(8-11)10-18/h3-6,8-9H,2,7,10,18H2,1H3. The lowest BCUT2D eigenvalue weighted by molar-refractivity contribution is 0.704. The monoisotopic (exact) mass is 300 g/mol. The zero-order valence-corrected chi connectivity index (χ0v) is 12.6. The average molecular weight is 301 g/mol. The molecule has 4 nitrogen and oxygen atoms in total. The second-order valence-electron chi connectivity index (χ2n) is 4.96. The van der Waals surface area contributed by atoms with Crippen LogP contribution in [0.15, 0.2) is 36.5 Å². The number of nitrogens with two attached hydrogens (primary N) is 1. The Bertz CT molecular complexity index is 779. The van der Waals surface area contributed by atoms with Gasteiger partial charge in [0.2, 0.25) is 0 Å². The minimum Gasteiger partial charge on any atom is -0.325 e. The van der Waals surface area contributed by atoms with Gasteiger partial charge < -0.3 is 10.3 Å². The lowest BCUT2D eigenvalue weighted by Gasteiger charge is -2.08. The molecule has 108 valence electrons. The van der Waals surface area contributed by atoms with Gasteiger partial charge in [-0.1, -0.05) is 18.5 Å². The molecule has 2 aromatic heterocycles. The van der Waals surface area contributed by atoms with Gasteiger partial charge in [-0.05, 0) is 36.8 Å². The molecule has 0 unspecified atom stereocenters. The van der Waals surface area contributed by atoms with Crippen molar-refractivity contribution in [2.24, 2.45) is 5.73 Å². The quantitative estimate of drug-likeness (QED) is 0.800. The van der Waals surface area contributed by atoms with Crippen LogP contribution < -0.4 is 5.73 Å². The van der Waals surface area contributed by atoms with Crippen molar-refractivity contribution in [3.8, 4) is 11.4 Å². The van der Waals surface area contributed by atoms with Crippen molar-refractivity contribution in [2.45, 2.75) is 26.4 Å². The molecule has 0 fully saturated rings. The number of aromatic nitrogens is 3. The van der Waals surface area contributed by atoms with Gasteiger partial charge in [0.25, 0.3) is 0 Å². The molecule has 3 rings (SSSR count). The predicted molar refractivity (Wildman–Crippen MR) is 86.2 cm³/mol. The number of fused-ring (bicyclic) bond motifs is 1. The van der Waals surface area contributed by atoms with E-state index in [0.717, 1.165) is 46.1 Å². The number of nitrogens with zero attached hydrogens (tertiary/aromatic N) is 3. The molecule has 1 aromatic carbocycles. The number of hydrogen-bond acceptors (Lipinski definition) is 3. The van der Waals surface area contributed by atoms with E-state index in [-0.39, 0.29) is 0 Å². The van der Waals surface area contributed by atoms with Crippen LogP contribution in [0.2, 0.25) is 5.02 Å². The van der Waals surface area contributed by atoms with Crippen LogP contribution in [0.4, 0.5) is 0 Å². The van der Waals surface area contributed by atoms with E-state index in [9.17, 15) is 0 Å². The van der Waals surface area contributed by atoms with Crippen LogP contribution in [-0.4, -0.2) is 14.5 Å². The second-order valence-corrected chi connectivity index (χ2v) is 5.40. The van der Waals surface area contributed by atoms with Crippen molar-refractivity contribution in [2.75, 3.05) is 0 Å². The predicted octanol–water partition coefficient (Wildman–Crippen LogP) is 3.62. The molecule has 2 N–H and O–H groups in total. The number of benzene rings is 1. The lowest BCUT2D eigenvalue weighted by Crippen LogP contribution is -2.02. The third-order valence-electron chi connectivity index (χ3n) is 3.44. The smallest absolute Gasteiger partial charge is 0.141 e. The van der Waals surface area contributed by atoms with Crippen LogP contribution >= 0.6 is 11.6 Å². The highest BCUT2D eigenvalue weighted by Crippen LogP contribution is 2.27. The first-order valence-corrected chi connectivity index (χ1v) is 7.42. The number of hydrogen-bond donors (Lipinski definition) is 1. The minimum absolute atomic E-state index is 0.424. The van der Waals surface area contributed by atoms with Crippen molar-refractivity contribution in [1.82, 2.24) is 14.5 Å². The molecule has 0 aliphatic rings. The highest BCUT2D eigenvalue weighted by molar-refractivity contribution is 6.31. The molecule has 3 aromatic rings. The van der Waals surface area contributed by atoms with E-state index in [4.69, 9.17) is 22.3 Å². The lowest BCUT2D eigenvalue weighted by atomic mass is 10.2. The van der Waals surface area contributed by atoms with Crippen LogP contribution in [-0.2, 0) is 13.1 Å². The molecule has 0 aliphatic heterocycles. The molecular formula is C16H17ClN4. The van der Waals surface area contributed by atoms with Crippen molar-refractivity contribution in [3.05, 3.63) is 47.2 Å². The van der Waals surface area contributed by atoms with Gasteiger partial charge in [0.05, 0.1) is 16.7 Å². The summed E-state index contributed by atoms with van der Waals surface area (Å²) in [5, 5.41) is 0.726. The Morgan fingerprint density at radius 2 is 2.10 bits per heavy atom. The summed E-state index contributed by atoms with van der Waals surface area (Å²) in [5.74, 6) is 0.936. The van der Waals surface area contributed by atoms with Gasteiger partial charge in [-0.3, -0.25) is 4.98 Å².